The summed E-state index contributed by atoms with van der Waals surface area (Å²) in [6.45, 7) is 2.17. The fraction of sp³-hybridized carbons (Fsp3) is 0.591. The summed E-state index contributed by atoms with van der Waals surface area (Å²) in [5, 5.41) is 8.76. The lowest BCUT2D eigenvalue weighted by atomic mass is 9.49. The van der Waals surface area contributed by atoms with E-state index in [0.717, 1.165) is 29.2 Å². The number of carbonyl (C=O) groups is 1. The second kappa shape index (κ2) is 7.21. The smallest absolute Gasteiger partial charge is 0.324 e. The minimum atomic E-state index is -0.495. The van der Waals surface area contributed by atoms with Crippen LogP contribution in [0, 0.1) is 17.8 Å². The van der Waals surface area contributed by atoms with E-state index in [0.29, 0.717) is 11.8 Å². The molecule has 1 atom stereocenters. The van der Waals surface area contributed by atoms with E-state index >= 15 is 0 Å². The molecule has 1 aromatic heterocycles. The Balaban J connectivity index is 1.39. The molecule has 6 heteroatoms. The number of hydrogen-bond acceptors (Lipinski definition) is 6. The van der Waals surface area contributed by atoms with Crippen molar-refractivity contribution in [2.75, 3.05) is 6.61 Å². The van der Waals surface area contributed by atoms with Crippen LogP contribution in [-0.2, 0) is 14.9 Å². The maximum Gasteiger partial charge on any atom is 0.324 e. The summed E-state index contributed by atoms with van der Waals surface area (Å²) < 4.78 is 11.5. The van der Waals surface area contributed by atoms with E-state index in [1.165, 1.54) is 50.3 Å². The number of carbonyl (C=O) groups excluding carboxylic acids is 1. The summed E-state index contributed by atoms with van der Waals surface area (Å²) in [7, 11) is 0. The summed E-state index contributed by atoms with van der Waals surface area (Å²) in [4.78, 5) is 12.5. The Kier molecular flexibility index (Phi) is 4.69. The quantitative estimate of drug-likeness (QED) is 0.507. The van der Waals surface area contributed by atoms with Crippen LogP contribution in [0.15, 0.2) is 40.0 Å². The average Bonchev–Trinajstić information content (AvgIpc) is 3.16. The molecule has 4 aliphatic rings. The first kappa shape index (κ1) is 18.2. The Hall–Kier alpha value is -1.82. The van der Waals surface area contributed by atoms with E-state index in [1.807, 2.05) is 37.3 Å². The number of rotatable bonds is 6. The molecule has 0 spiro atoms. The fourth-order valence-electron chi connectivity index (χ4n) is 6.04. The van der Waals surface area contributed by atoms with Crippen LogP contribution in [0.1, 0.15) is 62.2 Å². The van der Waals surface area contributed by atoms with Gasteiger partial charge in [-0.15, -0.1) is 10.2 Å². The van der Waals surface area contributed by atoms with E-state index in [-0.39, 0.29) is 11.4 Å². The zero-order valence-electron chi connectivity index (χ0n) is 16.2. The fourth-order valence-corrected chi connectivity index (χ4v) is 6.92. The van der Waals surface area contributed by atoms with Crippen molar-refractivity contribution in [3.05, 3.63) is 41.8 Å². The molecule has 1 heterocycles. The molecule has 4 fully saturated rings. The lowest BCUT2D eigenvalue weighted by Gasteiger charge is -2.55. The molecule has 6 rings (SSSR count). The van der Waals surface area contributed by atoms with E-state index in [4.69, 9.17) is 9.15 Å². The Morgan fingerprint density at radius 1 is 1.14 bits per heavy atom. The predicted molar refractivity (Wildman–Crippen MR) is 106 cm³/mol. The van der Waals surface area contributed by atoms with Gasteiger partial charge in [-0.1, -0.05) is 30.3 Å². The molecule has 4 saturated carbocycles. The molecule has 28 heavy (non-hydrogen) atoms. The maximum atomic E-state index is 12.5. The molecule has 0 aliphatic heterocycles. The van der Waals surface area contributed by atoms with Gasteiger partial charge in [0.25, 0.3) is 5.22 Å². The summed E-state index contributed by atoms with van der Waals surface area (Å²) >= 11 is 1.30. The van der Waals surface area contributed by atoms with Crippen LogP contribution in [-0.4, -0.2) is 22.8 Å². The summed E-state index contributed by atoms with van der Waals surface area (Å²) in [5.41, 5.74) is 0.965. The molecule has 0 unspecified atom stereocenters. The van der Waals surface area contributed by atoms with Gasteiger partial charge in [0, 0.05) is 5.41 Å². The van der Waals surface area contributed by atoms with Gasteiger partial charge in [-0.2, -0.15) is 0 Å². The van der Waals surface area contributed by atoms with E-state index in [9.17, 15) is 4.79 Å². The van der Waals surface area contributed by atoms with Crippen molar-refractivity contribution in [2.45, 2.75) is 61.3 Å². The molecule has 4 aliphatic carbocycles. The molecule has 0 N–H and O–H groups in total. The highest BCUT2D eigenvalue weighted by atomic mass is 32.2. The Morgan fingerprint density at radius 2 is 1.79 bits per heavy atom. The van der Waals surface area contributed by atoms with Gasteiger partial charge in [-0.25, -0.2) is 0 Å². The Bertz CT molecular complexity index is 815. The molecule has 0 radical (unpaired) electrons. The first-order valence-corrected chi connectivity index (χ1v) is 11.3. The standard InChI is InChI=1S/C22H26N2O3S/c1-2-26-19(25)18(17-6-4-3-5-7-17)28-21-24-23-20(27-21)22-11-14-8-15(12-22)10-16(9-14)13-22/h3-7,14-16,18H,2,8-13H2,1H3/t14?,15?,16?,18-,22?/m0/s1. The Labute approximate surface area is 169 Å². The normalized spacial score (nSPS) is 31.7. The number of ether oxygens (including phenoxy) is 1. The number of aromatic nitrogens is 2. The van der Waals surface area contributed by atoms with Crippen molar-refractivity contribution in [1.82, 2.24) is 10.2 Å². The SMILES string of the molecule is CCOC(=O)[C@@H](Sc1nnc(C23CC4CC(CC(C4)C2)C3)o1)c1ccccc1. The van der Waals surface area contributed by atoms with Crippen molar-refractivity contribution in [1.29, 1.82) is 0 Å². The molecule has 148 valence electrons. The minimum absolute atomic E-state index is 0.0761. The molecule has 1 aromatic carbocycles. The van der Waals surface area contributed by atoms with Gasteiger partial charge in [0.15, 0.2) is 0 Å². The number of benzene rings is 1. The van der Waals surface area contributed by atoms with Crippen LogP contribution < -0.4 is 0 Å². The molecular weight excluding hydrogens is 372 g/mol. The zero-order chi connectivity index (χ0) is 19.1. The first-order chi connectivity index (χ1) is 13.6. The topological polar surface area (TPSA) is 65.2 Å². The molecule has 4 bridgehead atoms. The monoisotopic (exact) mass is 398 g/mol. The highest BCUT2D eigenvalue weighted by Crippen LogP contribution is 2.60. The van der Waals surface area contributed by atoms with Gasteiger partial charge in [0.2, 0.25) is 5.89 Å². The number of thioether (sulfide) groups is 1. The molecule has 5 nitrogen and oxygen atoms in total. The summed E-state index contributed by atoms with van der Waals surface area (Å²) in [6, 6.07) is 9.66. The van der Waals surface area contributed by atoms with Crippen LogP contribution in [0.2, 0.25) is 0 Å². The van der Waals surface area contributed by atoms with Crippen LogP contribution in [0.4, 0.5) is 0 Å². The summed E-state index contributed by atoms with van der Waals surface area (Å²) in [6.07, 6.45) is 7.71. The van der Waals surface area contributed by atoms with Gasteiger partial charge >= 0.3 is 5.97 Å². The van der Waals surface area contributed by atoms with Crippen LogP contribution in [0.25, 0.3) is 0 Å². The number of esters is 1. The van der Waals surface area contributed by atoms with E-state index in [1.54, 1.807) is 0 Å². The third kappa shape index (κ3) is 3.25. The van der Waals surface area contributed by atoms with Gasteiger partial charge in [0.1, 0.15) is 5.25 Å². The maximum absolute atomic E-state index is 12.5. The van der Waals surface area contributed by atoms with E-state index in [2.05, 4.69) is 10.2 Å². The second-order valence-electron chi connectivity index (χ2n) is 8.73. The van der Waals surface area contributed by atoms with Crippen molar-refractivity contribution in [3.63, 3.8) is 0 Å². The molecule has 2 aromatic rings. The van der Waals surface area contributed by atoms with Gasteiger partial charge in [0.05, 0.1) is 6.61 Å². The lowest BCUT2D eigenvalue weighted by molar-refractivity contribution is -0.142. The average molecular weight is 399 g/mol. The van der Waals surface area contributed by atoms with Gasteiger partial charge in [-0.05, 0) is 80.5 Å². The second-order valence-corrected chi connectivity index (χ2v) is 9.79. The van der Waals surface area contributed by atoms with Crippen molar-refractivity contribution < 1.29 is 13.9 Å². The van der Waals surface area contributed by atoms with E-state index < -0.39 is 5.25 Å². The van der Waals surface area contributed by atoms with Gasteiger partial charge in [-0.3, -0.25) is 4.79 Å². The lowest BCUT2D eigenvalue weighted by Crippen LogP contribution is -2.48. The highest BCUT2D eigenvalue weighted by molar-refractivity contribution is 8.00. The Morgan fingerprint density at radius 3 is 2.39 bits per heavy atom. The van der Waals surface area contributed by atoms with Crippen molar-refractivity contribution in [2.24, 2.45) is 17.8 Å². The largest absolute Gasteiger partial charge is 0.465 e. The van der Waals surface area contributed by atoms with Crippen molar-refractivity contribution in [3.8, 4) is 0 Å². The van der Waals surface area contributed by atoms with Crippen LogP contribution in [0.3, 0.4) is 0 Å². The van der Waals surface area contributed by atoms with Gasteiger partial charge < -0.3 is 9.15 Å². The third-order valence-corrected chi connectivity index (χ3v) is 7.79. The van der Waals surface area contributed by atoms with Crippen LogP contribution in [0.5, 0.6) is 0 Å². The van der Waals surface area contributed by atoms with Crippen molar-refractivity contribution >= 4 is 17.7 Å². The summed E-state index contributed by atoms with van der Waals surface area (Å²) in [5.74, 6) is 3.00. The molecule has 0 saturated heterocycles. The number of nitrogens with zero attached hydrogens (tertiary/aromatic N) is 2. The zero-order valence-corrected chi connectivity index (χ0v) is 17.0. The number of hydrogen-bond donors (Lipinski definition) is 0. The first-order valence-electron chi connectivity index (χ1n) is 10.4. The molecular formula is C22H26N2O3S. The predicted octanol–water partition coefficient (Wildman–Crippen LogP) is 4.93. The molecule has 0 amide bonds. The van der Waals surface area contributed by atoms with Crippen LogP contribution >= 0.6 is 11.8 Å². The third-order valence-electron chi connectivity index (χ3n) is 6.72. The minimum Gasteiger partial charge on any atom is -0.465 e. The highest BCUT2D eigenvalue weighted by Gasteiger charge is 2.54.